The van der Waals surface area contributed by atoms with E-state index >= 15 is 0 Å². The quantitative estimate of drug-likeness (QED) is 0.0649. The second kappa shape index (κ2) is 15.9. The molecule has 0 spiro atoms. The molecule has 43 heavy (non-hydrogen) atoms. The lowest BCUT2D eigenvalue weighted by Crippen LogP contribution is -2.60. The molecule has 1 fully saturated rings. The first-order valence-corrected chi connectivity index (χ1v) is 16.1. The maximum atomic E-state index is 13.6. The number of carbonyl (C=O) groups is 3. The van der Waals surface area contributed by atoms with Gasteiger partial charge >= 0.3 is 0 Å². The van der Waals surface area contributed by atoms with Crippen LogP contribution in [0.1, 0.15) is 41.0 Å². The third kappa shape index (κ3) is 10.3. The predicted octanol–water partition coefficient (Wildman–Crippen LogP) is -1.04. The molecule has 1 aliphatic heterocycles. The molecule has 9 N–H and O–H groups in total. The van der Waals surface area contributed by atoms with Crippen LogP contribution in [0.15, 0.2) is 51.9 Å². The van der Waals surface area contributed by atoms with Gasteiger partial charge in [0.2, 0.25) is 27.6 Å². The smallest absolute Gasteiger partial charge is 0.241 e. The van der Waals surface area contributed by atoms with Crippen molar-refractivity contribution >= 4 is 50.9 Å². The fourth-order valence-corrected chi connectivity index (χ4v) is 6.97. The Kier molecular flexibility index (Phi) is 12.4. The molecule has 0 bridgehead atoms. The number of benzene rings is 1. The second-order valence-electron chi connectivity index (χ2n) is 9.85. The monoisotopic (exact) mass is 634 g/mol. The molecule has 17 heteroatoms. The van der Waals surface area contributed by atoms with Crippen molar-refractivity contribution in [2.75, 3.05) is 32.7 Å². The topological polar surface area (TPSA) is 246 Å². The third-order valence-corrected chi connectivity index (χ3v) is 9.23. The minimum absolute atomic E-state index is 0.000257. The van der Waals surface area contributed by atoms with Crippen molar-refractivity contribution in [1.82, 2.24) is 19.5 Å². The zero-order valence-corrected chi connectivity index (χ0v) is 25.3. The number of nitrogens with zero attached hydrogens (tertiary/aromatic N) is 5. The van der Waals surface area contributed by atoms with E-state index in [2.05, 4.69) is 20.3 Å². The van der Waals surface area contributed by atoms with Gasteiger partial charge in [-0.3, -0.25) is 24.4 Å². The van der Waals surface area contributed by atoms with Crippen LogP contribution in [0, 0.1) is 0 Å². The average molecular weight is 635 g/mol. The van der Waals surface area contributed by atoms with Gasteiger partial charge in [-0.15, -0.1) is 11.3 Å². The van der Waals surface area contributed by atoms with E-state index in [0.29, 0.717) is 18.4 Å². The van der Waals surface area contributed by atoms with E-state index in [1.165, 1.54) is 15.4 Å². The Balaban J connectivity index is 1.72. The van der Waals surface area contributed by atoms with Gasteiger partial charge in [0, 0.05) is 37.8 Å². The van der Waals surface area contributed by atoms with Crippen molar-refractivity contribution < 1.29 is 22.8 Å². The number of piperazine rings is 1. The molecule has 2 aromatic rings. The minimum atomic E-state index is -3.88. The maximum absolute atomic E-state index is 13.6. The third-order valence-electron chi connectivity index (χ3n) is 6.59. The van der Waals surface area contributed by atoms with E-state index in [1.807, 2.05) is 0 Å². The van der Waals surface area contributed by atoms with Crippen LogP contribution in [0.2, 0.25) is 0 Å². The summed E-state index contributed by atoms with van der Waals surface area (Å²) in [5.41, 5.74) is 22.1. The average Bonchev–Trinajstić information content (AvgIpc) is 3.49. The number of amides is 2. The lowest BCUT2D eigenvalue weighted by atomic mass is 10.1. The molecule has 1 aromatic carbocycles. The summed E-state index contributed by atoms with van der Waals surface area (Å²) in [5.74, 6) is -1.91. The number of aromatic nitrogens is 1. The minimum Gasteiger partial charge on any atom is -0.370 e. The maximum Gasteiger partial charge on any atom is 0.241 e. The molecular formula is C26H38N10O5S2. The highest BCUT2D eigenvalue weighted by Gasteiger charge is 2.41. The number of nitrogens with two attached hydrogens (primary N) is 4. The first-order chi connectivity index (χ1) is 20.5. The van der Waals surface area contributed by atoms with E-state index in [1.54, 1.807) is 35.7 Å². The number of carbonyl (C=O) groups excluding carboxylic acids is 3. The van der Waals surface area contributed by atoms with E-state index < -0.39 is 33.9 Å². The van der Waals surface area contributed by atoms with Gasteiger partial charge in [-0.2, -0.15) is 4.31 Å². The van der Waals surface area contributed by atoms with Gasteiger partial charge < -0.3 is 33.2 Å². The fraction of sp³-hybridized carbons (Fsp3) is 0.462. The summed E-state index contributed by atoms with van der Waals surface area (Å²) < 4.78 is 28.0. The summed E-state index contributed by atoms with van der Waals surface area (Å²) >= 11 is 1.15. The molecule has 0 saturated carbocycles. The standard InChI is InChI=1S/C26H38N10O5S2/c27-25(28)32-10-4-8-19(22(38)23-31-12-15-42-23)34-21(37)16-35-13-14-36(20(24(35)39)9-5-11-33-26(29)30)43(40,41)17-18-6-2-1-3-7-18/h1-3,6-7,12,15,19-20H,4-5,8-11,13-14,16-17H2,(H,34,37)(H4,27,28,32)(H4,29,30,33)/t19-,20-/m0/s1. The van der Waals surface area contributed by atoms with Crippen molar-refractivity contribution in [3.05, 3.63) is 52.5 Å². The molecular weight excluding hydrogens is 596 g/mol. The molecule has 1 aromatic heterocycles. The summed E-state index contributed by atoms with van der Waals surface area (Å²) in [4.78, 5) is 53.0. The van der Waals surface area contributed by atoms with Crippen LogP contribution in [0.4, 0.5) is 0 Å². The summed E-state index contributed by atoms with van der Waals surface area (Å²) in [6.45, 7) is 0.117. The lowest BCUT2D eigenvalue weighted by molar-refractivity contribution is -0.142. The Labute approximate surface area is 254 Å². The van der Waals surface area contributed by atoms with Crippen LogP contribution in [-0.2, 0) is 25.4 Å². The van der Waals surface area contributed by atoms with Crippen molar-refractivity contribution in [3.8, 4) is 0 Å². The van der Waals surface area contributed by atoms with Gasteiger partial charge in [-0.25, -0.2) is 13.4 Å². The molecule has 0 aliphatic carbocycles. The van der Waals surface area contributed by atoms with Gasteiger partial charge in [0.1, 0.15) is 6.04 Å². The van der Waals surface area contributed by atoms with Gasteiger partial charge in [0.25, 0.3) is 0 Å². The zero-order chi connectivity index (χ0) is 31.4. The van der Waals surface area contributed by atoms with E-state index in [4.69, 9.17) is 22.9 Å². The molecule has 1 saturated heterocycles. The SMILES string of the molecule is NC(N)=NCCC[C@H](NC(=O)CN1CCN(S(=O)(=O)Cc2ccccc2)[C@@H](CCCN=C(N)N)C1=O)C(=O)c1nccs1. The van der Waals surface area contributed by atoms with Crippen LogP contribution in [0.25, 0.3) is 0 Å². The zero-order valence-electron chi connectivity index (χ0n) is 23.7. The van der Waals surface area contributed by atoms with Crippen molar-refractivity contribution in [3.63, 3.8) is 0 Å². The molecule has 234 valence electrons. The second-order valence-corrected chi connectivity index (χ2v) is 12.7. The fourth-order valence-electron chi connectivity index (χ4n) is 4.62. The highest BCUT2D eigenvalue weighted by Crippen LogP contribution is 2.23. The highest BCUT2D eigenvalue weighted by molar-refractivity contribution is 7.88. The van der Waals surface area contributed by atoms with Gasteiger partial charge in [0.15, 0.2) is 16.9 Å². The number of aliphatic imine (C=N–C) groups is 2. The number of guanidine groups is 2. The largest absolute Gasteiger partial charge is 0.370 e. The number of thiazole rings is 1. The van der Waals surface area contributed by atoms with Crippen LogP contribution in [0.3, 0.4) is 0 Å². The number of rotatable bonds is 16. The number of hydrogen-bond acceptors (Lipinski definition) is 9. The van der Waals surface area contributed by atoms with Crippen molar-refractivity contribution in [2.24, 2.45) is 32.9 Å². The highest BCUT2D eigenvalue weighted by atomic mass is 32.2. The first kappa shape index (κ1) is 33.4. The predicted molar refractivity (Wildman–Crippen MR) is 164 cm³/mol. The Hall–Kier alpha value is -4.09. The number of Topliss-reactive ketones (excluding diaryl/α,β-unsaturated/α-hetero) is 1. The van der Waals surface area contributed by atoms with E-state index in [-0.39, 0.29) is 74.0 Å². The molecule has 15 nitrogen and oxygen atoms in total. The normalized spacial score (nSPS) is 16.3. The van der Waals surface area contributed by atoms with E-state index in [0.717, 1.165) is 11.3 Å². The molecule has 0 radical (unpaired) electrons. The number of hydrogen-bond donors (Lipinski definition) is 5. The molecule has 3 rings (SSSR count). The summed E-state index contributed by atoms with van der Waals surface area (Å²) in [7, 11) is -3.88. The molecule has 2 heterocycles. The Bertz CT molecular complexity index is 1390. The van der Waals surface area contributed by atoms with Crippen molar-refractivity contribution in [1.29, 1.82) is 0 Å². The summed E-state index contributed by atoms with van der Waals surface area (Å²) in [5, 5.41) is 4.60. The lowest BCUT2D eigenvalue weighted by Gasteiger charge is -2.39. The molecule has 1 aliphatic rings. The number of nitrogens with one attached hydrogen (secondary N) is 1. The van der Waals surface area contributed by atoms with E-state index in [9.17, 15) is 22.8 Å². The summed E-state index contributed by atoms with van der Waals surface area (Å²) in [6, 6.07) is 6.72. The van der Waals surface area contributed by atoms with Crippen LogP contribution in [0.5, 0.6) is 0 Å². The van der Waals surface area contributed by atoms with Gasteiger partial charge in [-0.1, -0.05) is 30.3 Å². The molecule has 2 amide bonds. The Morgan fingerprint density at radius 3 is 2.35 bits per heavy atom. The Morgan fingerprint density at radius 2 is 1.72 bits per heavy atom. The van der Waals surface area contributed by atoms with Gasteiger partial charge in [0.05, 0.1) is 18.3 Å². The van der Waals surface area contributed by atoms with Crippen LogP contribution < -0.4 is 28.3 Å². The Morgan fingerprint density at radius 1 is 1.05 bits per heavy atom. The van der Waals surface area contributed by atoms with Crippen molar-refractivity contribution in [2.45, 2.75) is 43.5 Å². The number of ketones is 1. The summed E-state index contributed by atoms with van der Waals surface area (Å²) in [6.07, 6.45) is 2.64. The van der Waals surface area contributed by atoms with Crippen LogP contribution >= 0.6 is 11.3 Å². The first-order valence-electron chi connectivity index (χ1n) is 13.6. The number of sulfonamides is 1. The molecule has 2 atom stereocenters. The van der Waals surface area contributed by atoms with Gasteiger partial charge in [-0.05, 0) is 31.2 Å². The molecule has 0 unspecified atom stereocenters. The van der Waals surface area contributed by atoms with Crippen LogP contribution in [-0.4, -0.2) is 96.9 Å².